The molecule has 1 aromatic carbocycles. The Labute approximate surface area is 178 Å². The lowest BCUT2D eigenvalue weighted by atomic mass is 10.0. The van der Waals surface area contributed by atoms with Gasteiger partial charge in [-0.3, -0.25) is 9.59 Å². The van der Waals surface area contributed by atoms with Crippen LogP contribution in [-0.2, 0) is 9.59 Å². The molecule has 0 spiro atoms. The van der Waals surface area contributed by atoms with Crippen molar-refractivity contribution in [2.24, 2.45) is 10.9 Å². The van der Waals surface area contributed by atoms with Crippen molar-refractivity contribution in [2.45, 2.75) is 39.0 Å². The molecule has 1 N–H and O–H groups in total. The number of nitriles is 1. The van der Waals surface area contributed by atoms with Crippen LogP contribution >= 0.6 is 0 Å². The van der Waals surface area contributed by atoms with Crippen molar-refractivity contribution >= 4 is 23.7 Å². The molecule has 0 saturated carbocycles. The molecule has 7 heteroatoms. The van der Waals surface area contributed by atoms with Crippen molar-refractivity contribution < 1.29 is 9.59 Å². The third-order valence-electron chi connectivity index (χ3n) is 5.49. The van der Waals surface area contributed by atoms with Crippen molar-refractivity contribution in [1.82, 2.24) is 9.80 Å². The van der Waals surface area contributed by atoms with Gasteiger partial charge in [0.25, 0.3) is 0 Å². The van der Waals surface area contributed by atoms with Crippen LogP contribution in [0.5, 0.6) is 0 Å². The lowest BCUT2D eigenvalue weighted by Gasteiger charge is -2.25. The summed E-state index contributed by atoms with van der Waals surface area (Å²) in [5.41, 5.74) is 1.93. The van der Waals surface area contributed by atoms with Crippen molar-refractivity contribution in [3.8, 4) is 6.07 Å². The number of rotatable bonds is 6. The molecule has 2 saturated heterocycles. The smallest absolute Gasteiger partial charge is 0.242 e. The lowest BCUT2D eigenvalue weighted by Crippen LogP contribution is -2.43. The number of aryl methyl sites for hydroxylation is 1. The Morgan fingerprint density at radius 1 is 1.27 bits per heavy atom. The highest BCUT2D eigenvalue weighted by molar-refractivity contribution is 5.95. The number of nitrogens with one attached hydrogen (secondary N) is 1. The summed E-state index contributed by atoms with van der Waals surface area (Å²) in [6, 6.07) is 9.77. The number of carbonyl (C=O) groups excluding carboxylic acids is 2. The summed E-state index contributed by atoms with van der Waals surface area (Å²) in [5.74, 6) is -0.0274. The highest BCUT2D eigenvalue weighted by atomic mass is 16.2. The van der Waals surface area contributed by atoms with E-state index in [9.17, 15) is 9.59 Å². The number of nitrogens with zero attached hydrogens (tertiary/aromatic N) is 4. The summed E-state index contributed by atoms with van der Waals surface area (Å²) in [4.78, 5) is 33.5. The molecular weight excluding hydrogens is 378 g/mol. The van der Waals surface area contributed by atoms with Gasteiger partial charge in [-0.2, -0.15) is 5.26 Å². The SMILES string of the molecule is Cc1cccc(NC(=C/C#N)/N=C\C2CCCCN(CC(=O)N3CCCC3)C2=O)c1. The largest absolute Gasteiger partial charge is 0.341 e. The number of aliphatic imine (C=N–C) groups is 1. The first-order chi connectivity index (χ1) is 14.6. The van der Waals surface area contributed by atoms with Gasteiger partial charge in [-0.15, -0.1) is 0 Å². The van der Waals surface area contributed by atoms with Crippen molar-refractivity contribution in [3.63, 3.8) is 0 Å². The summed E-state index contributed by atoms with van der Waals surface area (Å²) in [7, 11) is 0. The first-order valence-electron chi connectivity index (χ1n) is 10.6. The van der Waals surface area contributed by atoms with Gasteiger partial charge < -0.3 is 15.1 Å². The second-order valence-corrected chi connectivity index (χ2v) is 7.88. The molecule has 2 heterocycles. The molecule has 0 bridgehead atoms. The van der Waals surface area contributed by atoms with Crippen molar-refractivity contribution in [3.05, 3.63) is 41.7 Å². The Bertz CT molecular complexity index is 865. The summed E-state index contributed by atoms with van der Waals surface area (Å²) in [5, 5.41) is 12.2. The van der Waals surface area contributed by atoms with Gasteiger partial charge in [0.05, 0.1) is 24.6 Å². The second-order valence-electron chi connectivity index (χ2n) is 7.88. The molecule has 7 nitrogen and oxygen atoms in total. The van der Waals surface area contributed by atoms with E-state index < -0.39 is 0 Å². The minimum atomic E-state index is -0.389. The molecular formula is C23H29N5O2. The van der Waals surface area contributed by atoms with Gasteiger partial charge >= 0.3 is 0 Å². The maximum atomic E-state index is 13.0. The van der Waals surface area contributed by atoms with Crippen LogP contribution in [0.15, 0.2) is 41.2 Å². The summed E-state index contributed by atoms with van der Waals surface area (Å²) < 4.78 is 0. The number of amides is 2. The first kappa shape index (κ1) is 21.6. The minimum absolute atomic E-state index is 0.0321. The highest BCUT2D eigenvalue weighted by Crippen LogP contribution is 2.19. The molecule has 0 aliphatic carbocycles. The predicted molar refractivity (Wildman–Crippen MR) is 117 cm³/mol. The molecule has 1 aromatic rings. The van der Waals surface area contributed by atoms with Crippen LogP contribution in [0, 0.1) is 24.2 Å². The minimum Gasteiger partial charge on any atom is -0.341 e. The quantitative estimate of drug-likeness (QED) is 0.580. The van der Waals surface area contributed by atoms with Crippen LogP contribution in [0.4, 0.5) is 5.69 Å². The monoisotopic (exact) mass is 407 g/mol. The highest BCUT2D eigenvalue weighted by Gasteiger charge is 2.29. The van der Waals surface area contributed by atoms with Crippen LogP contribution in [0.3, 0.4) is 0 Å². The number of allylic oxidation sites excluding steroid dienone is 1. The lowest BCUT2D eigenvalue weighted by molar-refractivity contribution is -0.140. The van der Waals surface area contributed by atoms with Crippen molar-refractivity contribution in [2.75, 3.05) is 31.5 Å². The zero-order valence-electron chi connectivity index (χ0n) is 17.5. The molecule has 0 radical (unpaired) electrons. The fourth-order valence-corrected chi connectivity index (χ4v) is 3.87. The molecule has 2 aliphatic heterocycles. The van der Waals surface area contributed by atoms with E-state index in [-0.39, 0.29) is 24.3 Å². The molecule has 1 unspecified atom stereocenters. The van der Waals surface area contributed by atoms with Gasteiger partial charge in [-0.05, 0) is 50.3 Å². The third-order valence-corrected chi connectivity index (χ3v) is 5.49. The van der Waals surface area contributed by atoms with Gasteiger partial charge in [0.2, 0.25) is 11.8 Å². The van der Waals surface area contributed by atoms with E-state index in [0.29, 0.717) is 18.8 Å². The van der Waals surface area contributed by atoms with E-state index in [1.165, 1.54) is 6.08 Å². The number of benzene rings is 1. The maximum Gasteiger partial charge on any atom is 0.242 e. The number of hydrogen-bond acceptors (Lipinski definition) is 5. The fourth-order valence-electron chi connectivity index (χ4n) is 3.87. The first-order valence-corrected chi connectivity index (χ1v) is 10.6. The van der Waals surface area contributed by atoms with Gasteiger partial charge in [-0.1, -0.05) is 18.6 Å². The van der Waals surface area contributed by atoms with Crippen LogP contribution in [0.2, 0.25) is 0 Å². The Kier molecular flexibility index (Phi) is 7.61. The van der Waals surface area contributed by atoms with Crippen molar-refractivity contribution in [1.29, 1.82) is 5.26 Å². The summed E-state index contributed by atoms with van der Waals surface area (Å²) in [6.07, 6.45) is 7.50. The topological polar surface area (TPSA) is 88.8 Å². The van der Waals surface area contributed by atoms with E-state index in [0.717, 1.165) is 50.0 Å². The number of hydrogen-bond donors (Lipinski definition) is 1. The normalized spacial score (nSPS) is 20.3. The molecule has 1 atom stereocenters. The van der Waals surface area contributed by atoms with Crippen LogP contribution in [-0.4, -0.2) is 54.0 Å². The predicted octanol–water partition coefficient (Wildman–Crippen LogP) is 3.09. The molecule has 2 aliphatic rings. The molecule has 2 fully saturated rings. The van der Waals surface area contributed by atoms with Crippen LogP contribution in [0.1, 0.15) is 37.7 Å². The Balaban J connectivity index is 1.67. The van der Waals surface area contributed by atoms with E-state index >= 15 is 0 Å². The Hall–Kier alpha value is -3.14. The molecule has 0 aromatic heterocycles. The molecule has 3 rings (SSSR count). The standard InChI is InChI=1S/C23H29N5O2/c1-18-7-6-9-20(15-18)26-21(10-11-24)25-16-19-8-2-3-14-28(23(19)30)17-22(29)27-12-4-5-13-27/h6-7,9-10,15-16,19,26H,2-5,8,12-14,17H2,1H3/b21-10+,25-16-. The Morgan fingerprint density at radius 3 is 2.77 bits per heavy atom. The van der Waals surface area contributed by atoms with Gasteiger partial charge in [0, 0.05) is 31.5 Å². The van der Waals surface area contributed by atoms with Crippen LogP contribution in [0.25, 0.3) is 0 Å². The van der Waals surface area contributed by atoms with E-state index in [4.69, 9.17) is 5.26 Å². The molecule has 158 valence electrons. The van der Waals surface area contributed by atoms with E-state index in [1.807, 2.05) is 42.2 Å². The average Bonchev–Trinajstić information content (AvgIpc) is 3.21. The van der Waals surface area contributed by atoms with E-state index in [2.05, 4.69) is 10.3 Å². The molecule has 2 amide bonds. The maximum absolute atomic E-state index is 13.0. The number of carbonyl (C=O) groups is 2. The summed E-state index contributed by atoms with van der Waals surface area (Å²) >= 11 is 0. The molecule has 30 heavy (non-hydrogen) atoms. The Morgan fingerprint density at radius 2 is 2.03 bits per heavy atom. The van der Waals surface area contributed by atoms with Gasteiger partial charge in [0.15, 0.2) is 0 Å². The van der Waals surface area contributed by atoms with Crippen LogP contribution < -0.4 is 5.32 Å². The second kappa shape index (κ2) is 10.6. The van der Waals surface area contributed by atoms with Gasteiger partial charge in [-0.25, -0.2) is 4.99 Å². The van der Waals surface area contributed by atoms with E-state index in [1.54, 1.807) is 11.1 Å². The number of anilines is 1. The number of likely N-dealkylation sites (tertiary alicyclic amines) is 2. The zero-order chi connectivity index (χ0) is 21.3. The zero-order valence-corrected chi connectivity index (χ0v) is 17.5. The fraction of sp³-hybridized carbons (Fsp3) is 0.478. The average molecular weight is 408 g/mol. The van der Waals surface area contributed by atoms with Gasteiger partial charge in [0.1, 0.15) is 5.82 Å². The third kappa shape index (κ3) is 5.93. The summed E-state index contributed by atoms with van der Waals surface area (Å²) in [6.45, 7) is 4.32.